The topological polar surface area (TPSA) is 138 Å². The fourth-order valence-corrected chi connectivity index (χ4v) is 11.1. The van der Waals surface area contributed by atoms with Gasteiger partial charge in [-0.15, -0.1) is 0 Å². The number of aliphatic hydroxyl groups excluding tert-OH is 4. The normalized spacial score (nSPS) is 54.7. The smallest absolute Gasteiger partial charge is 0.310 e. The molecule has 11 atom stereocenters. The second-order valence-electron chi connectivity index (χ2n) is 14.6. The molecule has 0 aliphatic heterocycles. The third-order valence-corrected chi connectivity index (χ3v) is 13.6. The van der Waals surface area contributed by atoms with Crippen molar-refractivity contribution in [3.63, 3.8) is 0 Å². The molecule has 5 aliphatic rings. The summed E-state index contributed by atoms with van der Waals surface area (Å²) < 4.78 is 0. The second-order valence-corrected chi connectivity index (χ2v) is 14.6. The van der Waals surface area contributed by atoms with E-state index in [2.05, 4.69) is 26.8 Å². The van der Waals surface area contributed by atoms with Crippen LogP contribution in [-0.2, 0) is 4.79 Å². The Morgan fingerprint density at radius 3 is 2.22 bits per heavy atom. The van der Waals surface area contributed by atoms with E-state index in [0.717, 1.165) is 18.4 Å². The van der Waals surface area contributed by atoms with Gasteiger partial charge in [0.05, 0.1) is 36.4 Å². The van der Waals surface area contributed by atoms with Crippen LogP contribution in [0.15, 0.2) is 11.6 Å². The molecule has 0 amide bonds. The van der Waals surface area contributed by atoms with Crippen LogP contribution in [0.5, 0.6) is 0 Å². The summed E-state index contributed by atoms with van der Waals surface area (Å²) in [6.45, 7) is 9.87. The molecule has 37 heavy (non-hydrogen) atoms. The molecule has 0 aromatic rings. The van der Waals surface area contributed by atoms with E-state index in [-0.39, 0.29) is 41.8 Å². The van der Waals surface area contributed by atoms with Crippen molar-refractivity contribution in [1.29, 1.82) is 0 Å². The van der Waals surface area contributed by atoms with Crippen LogP contribution >= 0.6 is 0 Å². The molecule has 4 saturated carbocycles. The minimum atomic E-state index is -1.18. The molecular weight excluding hydrogens is 472 g/mol. The Morgan fingerprint density at radius 2 is 1.62 bits per heavy atom. The number of aliphatic carboxylic acids is 1. The van der Waals surface area contributed by atoms with Crippen molar-refractivity contribution in [2.75, 3.05) is 13.2 Å². The Balaban J connectivity index is 1.65. The van der Waals surface area contributed by atoms with Gasteiger partial charge >= 0.3 is 5.97 Å². The van der Waals surface area contributed by atoms with E-state index in [0.29, 0.717) is 38.5 Å². The van der Waals surface area contributed by atoms with Crippen molar-refractivity contribution in [3.8, 4) is 0 Å². The van der Waals surface area contributed by atoms with Crippen molar-refractivity contribution in [3.05, 3.63) is 11.6 Å². The van der Waals surface area contributed by atoms with Gasteiger partial charge in [0.2, 0.25) is 0 Å². The van der Waals surface area contributed by atoms with Crippen LogP contribution in [0, 0.1) is 50.7 Å². The van der Waals surface area contributed by atoms with Crippen LogP contribution in [0.25, 0.3) is 0 Å². The number of fused-ring (bicyclic) bond motifs is 7. The van der Waals surface area contributed by atoms with Crippen molar-refractivity contribution in [2.45, 2.75) is 104 Å². The number of carboxylic acid groups (broad SMARTS) is 1. The average Bonchev–Trinajstić information content (AvgIpc) is 2.83. The van der Waals surface area contributed by atoms with Crippen LogP contribution in [0.3, 0.4) is 0 Å². The van der Waals surface area contributed by atoms with Gasteiger partial charge in [0.1, 0.15) is 0 Å². The fraction of sp³-hybridized carbons (Fsp3) is 0.900. The molecule has 5 aliphatic carbocycles. The zero-order valence-corrected chi connectivity index (χ0v) is 23.2. The number of hydrogen-bond donors (Lipinski definition) is 6. The molecule has 5 rings (SSSR count). The molecule has 7 heteroatoms. The molecule has 210 valence electrons. The van der Waals surface area contributed by atoms with Crippen LogP contribution in [0.2, 0.25) is 0 Å². The lowest BCUT2D eigenvalue weighted by atomic mass is 9.32. The van der Waals surface area contributed by atoms with Gasteiger partial charge in [-0.25, -0.2) is 0 Å². The Morgan fingerprint density at radius 1 is 0.973 bits per heavy atom. The van der Waals surface area contributed by atoms with E-state index in [4.69, 9.17) is 0 Å². The van der Waals surface area contributed by atoms with E-state index >= 15 is 0 Å². The highest BCUT2D eigenvalue weighted by Gasteiger charge is 2.72. The summed E-state index contributed by atoms with van der Waals surface area (Å²) >= 11 is 0. The Kier molecular flexibility index (Phi) is 6.16. The van der Waals surface area contributed by atoms with Gasteiger partial charge in [-0.05, 0) is 92.3 Å². The summed E-state index contributed by atoms with van der Waals surface area (Å²) in [7, 11) is 0. The number of hydrogen-bond acceptors (Lipinski definition) is 6. The first-order chi connectivity index (χ1) is 17.1. The standard InChI is InChI=1S/C30H48O7/c1-17-8-11-29(24(35)36)13-12-26(3)18(22(29)28(17,5)37)6-7-20-25(2)14-19(33)23(34)30(15-31,16-32)21(25)9-10-27(20,26)4/h6,17,19-23,31-34,37H,7-16H2,1-5H3,(H,35,36)/t17-,19-,20-,21-,22-,23+,25-,26-,27-,28-,29+/m1/s1. The molecule has 0 unspecified atom stereocenters. The molecule has 4 fully saturated rings. The van der Waals surface area contributed by atoms with Crippen LogP contribution in [0.1, 0.15) is 86.0 Å². The zero-order chi connectivity index (χ0) is 27.4. The highest BCUT2D eigenvalue weighted by atomic mass is 16.4. The van der Waals surface area contributed by atoms with Gasteiger partial charge < -0.3 is 30.6 Å². The molecule has 0 radical (unpaired) electrons. The van der Waals surface area contributed by atoms with Gasteiger partial charge in [0.15, 0.2) is 0 Å². The van der Waals surface area contributed by atoms with Crippen LogP contribution in [-0.4, -0.2) is 67.6 Å². The summed E-state index contributed by atoms with van der Waals surface area (Å²) in [5.41, 5.74) is -3.11. The predicted octanol–water partition coefficient (Wildman–Crippen LogP) is 3.12. The minimum absolute atomic E-state index is 0.00304. The van der Waals surface area contributed by atoms with E-state index in [1.165, 1.54) is 0 Å². The maximum absolute atomic E-state index is 12.9. The second kappa shape index (κ2) is 8.26. The third kappa shape index (κ3) is 3.10. The van der Waals surface area contributed by atoms with Gasteiger partial charge in [0, 0.05) is 11.3 Å². The number of rotatable bonds is 3. The lowest BCUT2D eigenvalue weighted by molar-refractivity contribution is -0.259. The first-order valence-corrected chi connectivity index (χ1v) is 14.4. The molecule has 0 bridgehead atoms. The van der Waals surface area contributed by atoms with Crippen molar-refractivity contribution < 1.29 is 35.4 Å². The summed E-state index contributed by atoms with van der Waals surface area (Å²) in [6.07, 6.45) is 5.18. The van der Waals surface area contributed by atoms with Gasteiger partial charge in [-0.3, -0.25) is 4.79 Å². The maximum atomic E-state index is 12.9. The summed E-state index contributed by atoms with van der Waals surface area (Å²) in [6, 6.07) is 0. The first kappa shape index (κ1) is 27.6. The van der Waals surface area contributed by atoms with Gasteiger partial charge in [-0.1, -0.05) is 39.3 Å². The molecule has 0 spiro atoms. The molecule has 7 nitrogen and oxygen atoms in total. The van der Waals surface area contributed by atoms with Gasteiger partial charge in [0.25, 0.3) is 0 Å². The van der Waals surface area contributed by atoms with E-state index in [1.54, 1.807) is 0 Å². The molecule has 6 N–H and O–H groups in total. The number of aliphatic hydroxyl groups is 5. The Labute approximate surface area is 221 Å². The third-order valence-electron chi connectivity index (χ3n) is 13.6. The SMILES string of the molecule is C[C@@H]1CC[C@]2(C(=O)O)CC[C@]3(C)C(=CC[C@@H]4[C@@]5(C)C[C@@H](O)[C@H](O)C(CO)(CO)[C@@H]5CC[C@]43C)[C@@H]2[C@]1(C)O. The highest BCUT2D eigenvalue weighted by Crippen LogP contribution is 2.76. The van der Waals surface area contributed by atoms with E-state index in [1.807, 2.05) is 13.8 Å². The summed E-state index contributed by atoms with van der Waals surface area (Å²) in [4.78, 5) is 12.9. The molecular formula is C30H48O7. The molecule has 0 aromatic carbocycles. The first-order valence-electron chi connectivity index (χ1n) is 14.4. The number of allylic oxidation sites excluding steroid dienone is 1. The number of carboxylic acids is 1. The quantitative estimate of drug-likeness (QED) is 0.314. The predicted molar refractivity (Wildman–Crippen MR) is 138 cm³/mol. The summed E-state index contributed by atoms with van der Waals surface area (Å²) in [5.74, 6) is -1.27. The molecule has 0 saturated heterocycles. The molecule has 0 heterocycles. The lowest BCUT2D eigenvalue weighted by Gasteiger charge is -2.72. The van der Waals surface area contributed by atoms with E-state index < -0.39 is 45.9 Å². The largest absolute Gasteiger partial charge is 0.481 e. The maximum Gasteiger partial charge on any atom is 0.310 e. The monoisotopic (exact) mass is 520 g/mol. The number of carbonyl (C=O) groups is 1. The molecule has 0 aromatic heterocycles. The average molecular weight is 521 g/mol. The van der Waals surface area contributed by atoms with Crippen LogP contribution in [0.4, 0.5) is 0 Å². The Bertz CT molecular complexity index is 986. The lowest BCUT2D eigenvalue weighted by Crippen LogP contribution is -2.70. The van der Waals surface area contributed by atoms with Crippen molar-refractivity contribution in [1.82, 2.24) is 0 Å². The zero-order valence-electron chi connectivity index (χ0n) is 23.2. The highest BCUT2D eigenvalue weighted by molar-refractivity contribution is 5.77. The van der Waals surface area contributed by atoms with Crippen molar-refractivity contribution in [2.24, 2.45) is 50.7 Å². The Hall–Kier alpha value is -0.990. The van der Waals surface area contributed by atoms with Crippen LogP contribution < -0.4 is 0 Å². The summed E-state index contributed by atoms with van der Waals surface area (Å²) in [5, 5.41) is 65.3. The minimum Gasteiger partial charge on any atom is -0.481 e. The van der Waals surface area contributed by atoms with Crippen molar-refractivity contribution >= 4 is 5.97 Å². The van der Waals surface area contributed by atoms with E-state index in [9.17, 15) is 35.4 Å². The fourth-order valence-electron chi connectivity index (χ4n) is 11.1. The van der Waals surface area contributed by atoms with Gasteiger partial charge in [-0.2, -0.15) is 0 Å².